The molecule has 2 aromatic carbocycles. The Kier molecular flexibility index (Phi) is 4.10. The SMILES string of the molecule is CC(NC(=O)c1[nH]c2ccccc2c1Cl)c1ccccc1Cl. The summed E-state index contributed by atoms with van der Waals surface area (Å²) in [7, 11) is 0. The molecule has 0 saturated carbocycles. The number of para-hydroxylation sites is 1. The summed E-state index contributed by atoms with van der Waals surface area (Å²) in [5.74, 6) is -0.256. The molecule has 1 amide bonds. The molecule has 1 aromatic heterocycles. The zero-order chi connectivity index (χ0) is 15.7. The zero-order valence-electron chi connectivity index (χ0n) is 11.9. The van der Waals surface area contributed by atoms with E-state index in [0.29, 0.717) is 15.7 Å². The van der Waals surface area contributed by atoms with E-state index in [-0.39, 0.29) is 11.9 Å². The van der Waals surface area contributed by atoms with Crippen LogP contribution in [-0.2, 0) is 0 Å². The average Bonchev–Trinajstić information content (AvgIpc) is 2.85. The van der Waals surface area contributed by atoms with Crippen LogP contribution in [0.3, 0.4) is 0 Å². The van der Waals surface area contributed by atoms with Gasteiger partial charge >= 0.3 is 0 Å². The molecular formula is C17H14Cl2N2O. The topological polar surface area (TPSA) is 44.9 Å². The van der Waals surface area contributed by atoms with Gasteiger partial charge in [0.1, 0.15) is 5.69 Å². The molecule has 112 valence electrons. The minimum absolute atomic E-state index is 0.219. The van der Waals surface area contributed by atoms with Crippen LogP contribution in [0.25, 0.3) is 10.9 Å². The molecule has 5 heteroatoms. The molecular weight excluding hydrogens is 319 g/mol. The normalized spacial score (nSPS) is 12.3. The standard InChI is InChI=1S/C17H14Cl2N2O/c1-10(11-6-2-4-8-13(11)18)20-17(22)16-15(19)12-7-3-5-9-14(12)21-16/h2-10,21H,1H3,(H,20,22). The first kappa shape index (κ1) is 14.9. The van der Waals surface area contributed by atoms with Gasteiger partial charge in [-0.25, -0.2) is 0 Å². The minimum Gasteiger partial charge on any atom is -0.349 e. The van der Waals surface area contributed by atoms with Gasteiger partial charge in [-0.15, -0.1) is 0 Å². The van der Waals surface area contributed by atoms with Gasteiger partial charge in [0.15, 0.2) is 0 Å². The molecule has 1 heterocycles. The molecule has 0 saturated heterocycles. The third-order valence-corrected chi connectivity index (χ3v) is 4.33. The second kappa shape index (κ2) is 6.03. The fraction of sp³-hybridized carbons (Fsp3) is 0.118. The smallest absolute Gasteiger partial charge is 0.269 e. The van der Waals surface area contributed by atoms with Gasteiger partial charge in [-0.2, -0.15) is 0 Å². The van der Waals surface area contributed by atoms with E-state index in [4.69, 9.17) is 23.2 Å². The second-order valence-electron chi connectivity index (χ2n) is 5.08. The quantitative estimate of drug-likeness (QED) is 0.699. The summed E-state index contributed by atoms with van der Waals surface area (Å²) >= 11 is 12.5. The Labute approximate surface area is 138 Å². The van der Waals surface area contributed by atoms with E-state index < -0.39 is 0 Å². The van der Waals surface area contributed by atoms with Crippen LogP contribution in [0.4, 0.5) is 0 Å². The van der Waals surface area contributed by atoms with Crippen LogP contribution in [-0.4, -0.2) is 10.9 Å². The molecule has 3 nitrogen and oxygen atoms in total. The Morgan fingerprint density at radius 3 is 2.50 bits per heavy atom. The molecule has 2 N–H and O–H groups in total. The van der Waals surface area contributed by atoms with Crippen molar-refractivity contribution in [3.63, 3.8) is 0 Å². The number of carbonyl (C=O) groups excluding carboxylic acids is 1. The Morgan fingerprint density at radius 2 is 1.77 bits per heavy atom. The molecule has 0 aliphatic heterocycles. The van der Waals surface area contributed by atoms with E-state index in [1.165, 1.54) is 0 Å². The molecule has 0 fully saturated rings. The minimum atomic E-state index is -0.256. The summed E-state index contributed by atoms with van der Waals surface area (Å²) < 4.78 is 0. The number of hydrogen-bond acceptors (Lipinski definition) is 1. The highest BCUT2D eigenvalue weighted by Crippen LogP contribution is 2.28. The van der Waals surface area contributed by atoms with Crippen molar-refractivity contribution >= 4 is 40.0 Å². The molecule has 0 aliphatic rings. The predicted octanol–water partition coefficient (Wildman–Crippen LogP) is 4.97. The van der Waals surface area contributed by atoms with Crippen molar-refractivity contribution in [2.24, 2.45) is 0 Å². The highest BCUT2D eigenvalue weighted by molar-refractivity contribution is 6.38. The van der Waals surface area contributed by atoms with Gasteiger partial charge < -0.3 is 10.3 Å². The second-order valence-corrected chi connectivity index (χ2v) is 5.86. The van der Waals surface area contributed by atoms with E-state index in [1.54, 1.807) is 6.07 Å². The molecule has 1 unspecified atom stereocenters. The molecule has 0 radical (unpaired) electrons. The van der Waals surface area contributed by atoms with Gasteiger partial charge in [-0.05, 0) is 24.6 Å². The Morgan fingerprint density at radius 1 is 1.09 bits per heavy atom. The number of rotatable bonds is 3. The van der Waals surface area contributed by atoms with Gasteiger partial charge in [0.25, 0.3) is 5.91 Å². The average molecular weight is 333 g/mol. The van der Waals surface area contributed by atoms with E-state index in [1.807, 2.05) is 49.4 Å². The zero-order valence-corrected chi connectivity index (χ0v) is 13.4. The predicted molar refractivity (Wildman–Crippen MR) is 90.6 cm³/mol. The highest BCUT2D eigenvalue weighted by Gasteiger charge is 2.19. The highest BCUT2D eigenvalue weighted by atomic mass is 35.5. The van der Waals surface area contributed by atoms with Crippen molar-refractivity contribution in [3.05, 3.63) is 69.8 Å². The fourth-order valence-electron chi connectivity index (χ4n) is 2.44. The number of fused-ring (bicyclic) bond motifs is 1. The largest absolute Gasteiger partial charge is 0.349 e. The first-order valence-corrected chi connectivity index (χ1v) is 7.65. The maximum Gasteiger partial charge on any atom is 0.269 e. The lowest BCUT2D eigenvalue weighted by Crippen LogP contribution is -2.27. The summed E-state index contributed by atoms with van der Waals surface area (Å²) in [6.45, 7) is 1.88. The van der Waals surface area contributed by atoms with Crippen LogP contribution in [0, 0.1) is 0 Å². The Balaban J connectivity index is 1.87. The molecule has 3 rings (SSSR count). The number of carbonyl (C=O) groups is 1. The van der Waals surface area contributed by atoms with E-state index >= 15 is 0 Å². The van der Waals surface area contributed by atoms with E-state index in [9.17, 15) is 4.79 Å². The molecule has 22 heavy (non-hydrogen) atoms. The van der Waals surface area contributed by atoms with Crippen molar-refractivity contribution in [3.8, 4) is 0 Å². The van der Waals surface area contributed by atoms with Gasteiger partial charge in [0, 0.05) is 15.9 Å². The van der Waals surface area contributed by atoms with Gasteiger partial charge in [0.05, 0.1) is 11.1 Å². The molecule has 1 atom stereocenters. The summed E-state index contributed by atoms with van der Waals surface area (Å²) in [5, 5.41) is 4.80. The Hall–Kier alpha value is -1.97. The van der Waals surface area contributed by atoms with Crippen molar-refractivity contribution in [2.45, 2.75) is 13.0 Å². The number of hydrogen-bond donors (Lipinski definition) is 2. The van der Waals surface area contributed by atoms with E-state index in [2.05, 4.69) is 10.3 Å². The number of H-pyrrole nitrogens is 1. The Bertz CT molecular complexity index is 842. The summed E-state index contributed by atoms with van der Waals surface area (Å²) in [6, 6.07) is 14.8. The first-order chi connectivity index (χ1) is 10.6. The summed E-state index contributed by atoms with van der Waals surface area (Å²) in [6.07, 6.45) is 0. The number of aromatic amines is 1. The number of aromatic nitrogens is 1. The van der Waals surface area contributed by atoms with Gasteiger partial charge in [-0.3, -0.25) is 4.79 Å². The molecule has 3 aromatic rings. The van der Waals surface area contributed by atoms with Crippen molar-refractivity contribution < 1.29 is 4.79 Å². The van der Waals surface area contributed by atoms with Crippen molar-refractivity contribution in [2.75, 3.05) is 0 Å². The van der Waals surface area contributed by atoms with Gasteiger partial charge in [-0.1, -0.05) is 59.6 Å². The number of nitrogens with one attached hydrogen (secondary N) is 2. The third-order valence-electron chi connectivity index (χ3n) is 3.59. The number of benzene rings is 2. The van der Waals surface area contributed by atoms with Crippen LogP contribution in [0.5, 0.6) is 0 Å². The third kappa shape index (κ3) is 2.70. The maximum atomic E-state index is 12.5. The summed E-state index contributed by atoms with van der Waals surface area (Å²) in [4.78, 5) is 15.5. The number of amides is 1. The van der Waals surface area contributed by atoms with Crippen LogP contribution < -0.4 is 5.32 Å². The van der Waals surface area contributed by atoms with Crippen LogP contribution >= 0.6 is 23.2 Å². The lowest BCUT2D eigenvalue weighted by atomic mass is 10.1. The molecule has 0 spiro atoms. The first-order valence-electron chi connectivity index (χ1n) is 6.89. The molecule has 0 bridgehead atoms. The lowest BCUT2D eigenvalue weighted by Gasteiger charge is -2.15. The van der Waals surface area contributed by atoms with Crippen LogP contribution in [0.1, 0.15) is 29.0 Å². The van der Waals surface area contributed by atoms with Crippen LogP contribution in [0.15, 0.2) is 48.5 Å². The summed E-state index contributed by atoms with van der Waals surface area (Å²) in [5.41, 5.74) is 2.06. The number of halogens is 2. The van der Waals surface area contributed by atoms with Crippen molar-refractivity contribution in [1.82, 2.24) is 10.3 Å². The van der Waals surface area contributed by atoms with Crippen molar-refractivity contribution in [1.29, 1.82) is 0 Å². The van der Waals surface area contributed by atoms with E-state index in [0.717, 1.165) is 16.5 Å². The fourth-order valence-corrected chi connectivity index (χ4v) is 3.03. The van der Waals surface area contributed by atoms with Crippen LogP contribution in [0.2, 0.25) is 10.0 Å². The molecule has 0 aliphatic carbocycles. The lowest BCUT2D eigenvalue weighted by molar-refractivity contribution is 0.0936. The van der Waals surface area contributed by atoms with Gasteiger partial charge in [0.2, 0.25) is 0 Å². The maximum absolute atomic E-state index is 12.5. The monoisotopic (exact) mass is 332 g/mol.